The van der Waals surface area contributed by atoms with Gasteiger partial charge in [-0.1, -0.05) is 51.3 Å². The number of rotatable bonds is 5. The molecule has 1 N–H and O–H groups in total. The molecule has 1 spiro atoms. The van der Waals surface area contributed by atoms with Gasteiger partial charge in [0.1, 0.15) is 0 Å². The van der Waals surface area contributed by atoms with Gasteiger partial charge in [-0.05, 0) is 44.2 Å². The lowest BCUT2D eigenvalue weighted by Crippen LogP contribution is -2.64. The van der Waals surface area contributed by atoms with E-state index in [4.69, 9.17) is 0 Å². The minimum absolute atomic E-state index is 0.0852. The van der Waals surface area contributed by atoms with Crippen molar-refractivity contribution in [2.75, 3.05) is 6.54 Å². The number of nitrogens with zero attached hydrogens (tertiary/aromatic N) is 1. The maximum absolute atomic E-state index is 13.5. The van der Waals surface area contributed by atoms with E-state index in [-0.39, 0.29) is 29.3 Å². The standard InChI is InChI=1S/C22H32N2O2/c1-4-15-23-20(25)19-17-11-7-8-12-18(17)21(26)24(16(3)5-2)22(19)13-9-6-10-14-22/h7-8,11-12,16,19H,4-6,9-10,13-15H2,1-3H3,(H,23,25)/t16-,19+/m0/s1. The van der Waals surface area contributed by atoms with Crippen LogP contribution in [0.3, 0.4) is 0 Å². The molecule has 1 fully saturated rings. The van der Waals surface area contributed by atoms with Gasteiger partial charge in [0.05, 0.1) is 11.5 Å². The zero-order valence-corrected chi connectivity index (χ0v) is 16.4. The molecule has 4 heteroatoms. The van der Waals surface area contributed by atoms with Crippen LogP contribution < -0.4 is 5.32 Å². The SMILES string of the molecule is CCCNC(=O)[C@H]1c2ccccc2C(=O)N([C@@H](C)CC)C12CCCCC2. The number of hydrogen-bond donors (Lipinski definition) is 1. The first-order chi connectivity index (χ1) is 12.6. The molecule has 0 aromatic heterocycles. The number of benzene rings is 1. The van der Waals surface area contributed by atoms with Crippen molar-refractivity contribution in [3.63, 3.8) is 0 Å². The highest BCUT2D eigenvalue weighted by Crippen LogP contribution is 2.50. The Morgan fingerprint density at radius 2 is 1.92 bits per heavy atom. The molecule has 26 heavy (non-hydrogen) atoms. The van der Waals surface area contributed by atoms with Crippen molar-refractivity contribution in [1.82, 2.24) is 10.2 Å². The molecule has 1 heterocycles. The van der Waals surface area contributed by atoms with E-state index >= 15 is 0 Å². The van der Waals surface area contributed by atoms with Crippen LogP contribution in [0.5, 0.6) is 0 Å². The topological polar surface area (TPSA) is 49.4 Å². The predicted molar refractivity (Wildman–Crippen MR) is 104 cm³/mol. The van der Waals surface area contributed by atoms with Gasteiger partial charge in [0.2, 0.25) is 5.91 Å². The Balaban J connectivity index is 2.16. The van der Waals surface area contributed by atoms with Gasteiger partial charge in [0.25, 0.3) is 5.91 Å². The number of nitrogens with one attached hydrogen (secondary N) is 1. The zero-order chi connectivity index (χ0) is 18.7. The molecule has 1 saturated carbocycles. The maximum atomic E-state index is 13.5. The van der Waals surface area contributed by atoms with E-state index in [2.05, 4.69) is 31.0 Å². The van der Waals surface area contributed by atoms with Crippen LogP contribution in [-0.2, 0) is 4.79 Å². The zero-order valence-electron chi connectivity index (χ0n) is 16.4. The van der Waals surface area contributed by atoms with Gasteiger partial charge in [-0.3, -0.25) is 9.59 Å². The minimum atomic E-state index is -0.378. The van der Waals surface area contributed by atoms with E-state index in [9.17, 15) is 9.59 Å². The van der Waals surface area contributed by atoms with Crippen LogP contribution in [0.4, 0.5) is 0 Å². The van der Waals surface area contributed by atoms with E-state index < -0.39 is 0 Å². The monoisotopic (exact) mass is 356 g/mol. The van der Waals surface area contributed by atoms with Gasteiger partial charge in [0, 0.05) is 18.2 Å². The van der Waals surface area contributed by atoms with Crippen molar-refractivity contribution in [3.8, 4) is 0 Å². The van der Waals surface area contributed by atoms with Crippen molar-refractivity contribution >= 4 is 11.8 Å². The molecule has 0 saturated heterocycles. The average Bonchev–Trinajstić information content (AvgIpc) is 2.67. The van der Waals surface area contributed by atoms with Crippen LogP contribution in [0, 0.1) is 0 Å². The molecule has 3 rings (SSSR count). The van der Waals surface area contributed by atoms with E-state index in [0.29, 0.717) is 12.1 Å². The number of carbonyl (C=O) groups excluding carboxylic acids is 2. The molecule has 1 aliphatic carbocycles. The summed E-state index contributed by atoms with van der Waals surface area (Å²) in [7, 11) is 0. The number of hydrogen-bond acceptors (Lipinski definition) is 2. The number of fused-ring (bicyclic) bond motifs is 1. The summed E-state index contributed by atoms with van der Waals surface area (Å²) in [6.45, 7) is 7.01. The third-order valence-corrected chi connectivity index (χ3v) is 6.30. The molecule has 0 bridgehead atoms. The predicted octanol–water partition coefficient (Wildman–Crippen LogP) is 4.25. The van der Waals surface area contributed by atoms with Crippen LogP contribution in [0.15, 0.2) is 24.3 Å². The van der Waals surface area contributed by atoms with E-state index in [0.717, 1.165) is 44.1 Å². The Hall–Kier alpha value is -1.84. The lowest BCUT2D eigenvalue weighted by Gasteiger charge is -2.55. The summed E-state index contributed by atoms with van der Waals surface area (Å²) in [5, 5.41) is 3.13. The molecule has 2 amide bonds. The van der Waals surface area contributed by atoms with Crippen LogP contribution in [-0.4, -0.2) is 34.8 Å². The third-order valence-electron chi connectivity index (χ3n) is 6.30. The minimum Gasteiger partial charge on any atom is -0.356 e. The highest BCUT2D eigenvalue weighted by Gasteiger charge is 2.55. The maximum Gasteiger partial charge on any atom is 0.254 e. The molecular weight excluding hydrogens is 324 g/mol. The second-order valence-electron chi connectivity index (χ2n) is 7.91. The fourth-order valence-electron chi connectivity index (χ4n) is 4.95. The van der Waals surface area contributed by atoms with Gasteiger partial charge in [0.15, 0.2) is 0 Å². The Labute approximate surface area is 157 Å². The highest BCUT2D eigenvalue weighted by atomic mass is 16.2. The van der Waals surface area contributed by atoms with Gasteiger partial charge in [-0.2, -0.15) is 0 Å². The van der Waals surface area contributed by atoms with Crippen LogP contribution in [0.2, 0.25) is 0 Å². The molecule has 142 valence electrons. The molecule has 2 aliphatic rings. The first kappa shape index (κ1) is 18.9. The lowest BCUT2D eigenvalue weighted by molar-refractivity contribution is -0.128. The first-order valence-electron chi connectivity index (χ1n) is 10.3. The summed E-state index contributed by atoms with van der Waals surface area (Å²) in [6.07, 6.45) is 7.01. The molecular formula is C22H32N2O2. The quantitative estimate of drug-likeness (QED) is 0.857. The Bertz CT molecular complexity index is 664. The van der Waals surface area contributed by atoms with Crippen LogP contribution >= 0.6 is 0 Å². The second-order valence-corrected chi connectivity index (χ2v) is 7.91. The summed E-state index contributed by atoms with van der Waals surface area (Å²) >= 11 is 0. The fraction of sp³-hybridized carbons (Fsp3) is 0.636. The smallest absolute Gasteiger partial charge is 0.254 e. The van der Waals surface area contributed by atoms with Gasteiger partial charge < -0.3 is 10.2 Å². The molecule has 0 radical (unpaired) electrons. The van der Waals surface area contributed by atoms with Gasteiger partial charge >= 0.3 is 0 Å². The van der Waals surface area contributed by atoms with Crippen molar-refractivity contribution < 1.29 is 9.59 Å². The molecule has 4 nitrogen and oxygen atoms in total. The van der Waals surface area contributed by atoms with E-state index in [1.54, 1.807) is 0 Å². The van der Waals surface area contributed by atoms with Crippen LogP contribution in [0.1, 0.15) is 87.6 Å². The average molecular weight is 357 g/mol. The van der Waals surface area contributed by atoms with Crippen molar-refractivity contribution in [1.29, 1.82) is 0 Å². The summed E-state index contributed by atoms with van der Waals surface area (Å²) in [4.78, 5) is 28.9. The summed E-state index contributed by atoms with van der Waals surface area (Å²) in [5.74, 6) is -0.0735. The van der Waals surface area contributed by atoms with E-state index in [1.807, 2.05) is 24.3 Å². The summed E-state index contributed by atoms with van der Waals surface area (Å²) in [5.41, 5.74) is 1.25. The van der Waals surface area contributed by atoms with Gasteiger partial charge in [-0.15, -0.1) is 0 Å². The largest absolute Gasteiger partial charge is 0.356 e. The molecule has 1 aromatic rings. The fourth-order valence-corrected chi connectivity index (χ4v) is 4.95. The summed E-state index contributed by atoms with van der Waals surface area (Å²) < 4.78 is 0. The van der Waals surface area contributed by atoms with Crippen molar-refractivity contribution in [2.24, 2.45) is 0 Å². The molecule has 1 aromatic carbocycles. The first-order valence-corrected chi connectivity index (χ1v) is 10.3. The molecule has 1 aliphatic heterocycles. The molecule has 0 unspecified atom stereocenters. The summed E-state index contributed by atoms with van der Waals surface area (Å²) in [6, 6.07) is 7.89. The third kappa shape index (κ3) is 3.04. The second kappa shape index (κ2) is 7.81. The molecule has 2 atom stereocenters. The highest BCUT2D eigenvalue weighted by molar-refractivity contribution is 6.02. The van der Waals surface area contributed by atoms with Crippen molar-refractivity contribution in [3.05, 3.63) is 35.4 Å². The number of amides is 2. The Morgan fingerprint density at radius 3 is 2.58 bits per heavy atom. The lowest BCUT2D eigenvalue weighted by atomic mass is 9.64. The van der Waals surface area contributed by atoms with Gasteiger partial charge in [-0.25, -0.2) is 0 Å². The Morgan fingerprint density at radius 1 is 1.23 bits per heavy atom. The Kier molecular flexibility index (Phi) is 5.69. The van der Waals surface area contributed by atoms with E-state index in [1.165, 1.54) is 6.42 Å². The van der Waals surface area contributed by atoms with Crippen molar-refractivity contribution in [2.45, 2.75) is 83.2 Å². The normalized spacial score (nSPS) is 22.8. The van der Waals surface area contributed by atoms with Crippen LogP contribution in [0.25, 0.3) is 0 Å². The number of carbonyl (C=O) groups is 2.